The van der Waals surface area contributed by atoms with Gasteiger partial charge in [-0.15, -0.1) is 0 Å². The summed E-state index contributed by atoms with van der Waals surface area (Å²) in [6.45, 7) is 1.17. The number of nitrogens with zero attached hydrogens (tertiary/aromatic N) is 2. The first-order chi connectivity index (χ1) is 17.1. The summed E-state index contributed by atoms with van der Waals surface area (Å²) < 4.78 is 5.77. The third kappa shape index (κ3) is 5.32. The van der Waals surface area contributed by atoms with Gasteiger partial charge < -0.3 is 15.4 Å². The Hall–Kier alpha value is -4.20. The summed E-state index contributed by atoms with van der Waals surface area (Å²) in [5.41, 5.74) is 4.21. The van der Waals surface area contributed by atoms with E-state index in [1.807, 2.05) is 48.5 Å². The molecule has 0 bridgehead atoms. The van der Waals surface area contributed by atoms with Crippen molar-refractivity contribution in [2.75, 3.05) is 13.7 Å². The molecule has 4 aromatic rings. The Morgan fingerprint density at radius 1 is 1.03 bits per heavy atom. The first-order valence-electron chi connectivity index (χ1n) is 11.8. The zero-order valence-electron chi connectivity index (χ0n) is 19.5. The smallest absolute Gasteiger partial charge is 0.272 e. The lowest BCUT2D eigenvalue weighted by Gasteiger charge is -2.08. The van der Waals surface area contributed by atoms with Gasteiger partial charge in [0.1, 0.15) is 11.4 Å². The molecule has 0 saturated heterocycles. The quantitative estimate of drug-likeness (QED) is 0.342. The summed E-state index contributed by atoms with van der Waals surface area (Å²) in [5, 5.41) is 13.2. The largest absolute Gasteiger partial charge is 0.494 e. The Balaban J connectivity index is 1.17. The van der Waals surface area contributed by atoms with Gasteiger partial charge >= 0.3 is 0 Å². The summed E-state index contributed by atoms with van der Waals surface area (Å²) in [5.74, 6) is 1.24. The van der Waals surface area contributed by atoms with E-state index in [2.05, 4.69) is 25.8 Å². The molecule has 0 aliphatic heterocycles. The van der Waals surface area contributed by atoms with Crippen LogP contribution in [0.15, 0.2) is 60.8 Å². The minimum atomic E-state index is -0.242. The molecule has 8 nitrogen and oxygen atoms in total. The second-order valence-electron chi connectivity index (χ2n) is 8.75. The maximum atomic E-state index is 12.6. The van der Waals surface area contributed by atoms with Crippen LogP contribution >= 0.6 is 0 Å². The maximum absolute atomic E-state index is 12.6. The van der Waals surface area contributed by atoms with Crippen molar-refractivity contribution in [1.82, 2.24) is 25.8 Å². The predicted molar refractivity (Wildman–Crippen MR) is 133 cm³/mol. The van der Waals surface area contributed by atoms with Crippen LogP contribution in [0.1, 0.15) is 45.8 Å². The van der Waals surface area contributed by atoms with Crippen LogP contribution in [0.5, 0.6) is 5.75 Å². The number of aromatic amines is 1. The van der Waals surface area contributed by atoms with E-state index in [0.717, 1.165) is 52.3 Å². The standard InChI is InChI=1S/C27H27N5O3/c1-28-27(34)25-22-10-6-19(14-24(22)31-32-25)20-7-11-23(29-16-20)26(33)30-15-18-4-8-21(9-5-18)35-13-12-17-2-3-17/h4-11,14,16-17H,2-3,12-13,15H2,1H3,(H,28,34)(H,30,33)(H,31,32). The van der Waals surface area contributed by atoms with E-state index in [-0.39, 0.29) is 11.8 Å². The number of ether oxygens (including phenoxy) is 1. The Kier molecular flexibility index (Phi) is 6.43. The minimum absolute atomic E-state index is 0.236. The highest BCUT2D eigenvalue weighted by Gasteiger charge is 2.20. The van der Waals surface area contributed by atoms with Gasteiger partial charge in [0, 0.05) is 30.7 Å². The van der Waals surface area contributed by atoms with Crippen LogP contribution in [0.2, 0.25) is 0 Å². The van der Waals surface area contributed by atoms with Crippen LogP contribution in [-0.2, 0) is 6.54 Å². The summed E-state index contributed by atoms with van der Waals surface area (Å²) in [4.78, 5) is 28.8. The molecule has 5 rings (SSSR count). The molecule has 0 spiro atoms. The van der Waals surface area contributed by atoms with Gasteiger partial charge in [-0.3, -0.25) is 19.7 Å². The average molecular weight is 470 g/mol. The van der Waals surface area contributed by atoms with E-state index >= 15 is 0 Å². The van der Waals surface area contributed by atoms with Gasteiger partial charge in [-0.2, -0.15) is 5.10 Å². The molecular formula is C27H27N5O3. The third-order valence-electron chi connectivity index (χ3n) is 6.20. The number of rotatable bonds is 9. The SMILES string of the molecule is CNC(=O)c1n[nH]c2cc(-c3ccc(C(=O)NCc4ccc(OCCC5CC5)cc4)nc3)ccc12. The highest BCUT2D eigenvalue weighted by molar-refractivity contribution is 6.05. The molecule has 3 N–H and O–H groups in total. The van der Waals surface area contributed by atoms with Gasteiger partial charge in [0.05, 0.1) is 12.1 Å². The molecule has 1 aliphatic rings. The van der Waals surface area contributed by atoms with Gasteiger partial charge in [-0.1, -0.05) is 37.1 Å². The molecule has 2 amide bonds. The van der Waals surface area contributed by atoms with Crippen LogP contribution < -0.4 is 15.4 Å². The number of carbonyl (C=O) groups is 2. The number of benzene rings is 2. The normalized spacial score (nSPS) is 12.9. The number of carbonyl (C=O) groups excluding carboxylic acids is 2. The number of amides is 2. The molecule has 0 radical (unpaired) electrons. The van der Waals surface area contributed by atoms with Gasteiger partial charge in [0.2, 0.25) is 0 Å². The lowest BCUT2D eigenvalue weighted by atomic mass is 10.0. The molecular weight excluding hydrogens is 442 g/mol. The first kappa shape index (κ1) is 22.6. The Labute approximate surface area is 203 Å². The molecule has 8 heteroatoms. The van der Waals surface area contributed by atoms with Crippen LogP contribution in [0.25, 0.3) is 22.0 Å². The third-order valence-corrected chi connectivity index (χ3v) is 6.20. The van der Waals surface area contributed by atoms with Gasteiger partial charge in [-0.25, -0.2) is 0 Å². The first-order valence-corrected chi connectivity index (χ1v) is 11.8. The maximum Gasteiger partial charge on any atom is 0.272 e. The topological polar surface area (TPSA) is 109 Å². The average Bonchev–Trinajstić information content (AvgIpc) is 3.63. The molecule has 1 fully saturated rings. The van der Waals surface area contributed by atoms with Crippen LogP contribution in [0, 0.1) is 5.92 Å². The van der Waals surface area contributed by atoms with Crippen molar-refractivity contribution in [3.8, 4) is 16.9 Å². The van der Waals surface area contributed by atoms with E-state index < -0.39 is 0 Å². The number of fused-ring (bicyclic) bond motifs is 1. The summed E-state index contributed by atoms with van der Waals surface area (Å²) in [7, 11) is 1.57. The summed E-state index contributed by atoms with van der Waals surface area (Å²) >= 11 is 0. The van der Waals surface area contributed by atoms with Gasteiger partial charge in [0.25, 0.3) is 11.8 Å². The fourth-order valence-corrected chi connectivity index (χ4v) is 3.92. The van der Waals surface area contributed by atoms with E-state index in [9.17, 15) is 9.59 Å². The molecule has 2 heterocycles. The number of aromatic nitrogens is 3. The number of pyridine rings is 1. The lowest BCUT2D eigenvalue weighted by Crippen LogP contribution is -2.23. The highest BCUT2D eigenvalue weighted by Crippen LogP contribution is 2.32. The van der Waals surface area contributed by atoms with Crippen molar-refractivity contribution >= 4 is 22.7 Å². The molecule has 0 unspecified atom stereocenters. The molecule has 2 aromatic heterocycles. The molecule has 2 aromatic carbocycles. The second kappa shape index (κ2) is 9.97. The number of hydrogen-bond acceptors (Lipinski definition) is 5. The van der Waals surface area contributed by atoms with E-state index in [4.69, 9.17) is 4.74 Å². The minimum Gasteiger partial charge on any atom is -0.494 e. The van der Waals surface area contributed by atoms with Crippen molar-refractivity contribution in [2.24, 2.45) is 5.92 Å². The molecule has 1 saturated carbocycles. The fraction of sp³-hybridized carbons (Fsp3) is 0.259. The number of H-pyrrole nitrogens is 1. The number of nitrogens with one attached hydrogen (secondary N) is 3. The zero-order chi connectivity index (χ0) is 24.2. The van der Waals surface area contributed by atoms with E-state index in [1.54, 1.807) is 19.3 Å². The van der Waals surface area contributed by atoms with Gasteiger partial charge in [-0.05, 0) is 53.8 Å². The van der Waals surface area contributed by atoms with Crippen molar-refractivity contribution in [1.29, 1.82) is 0 Å². The Morgan fingerprint density at radius 3 is 2.54 bits per heavy atom. The number of hydrogen-bond donors (Lipinski definition) is 3. The lowest BCUT2D eigenvalue weighted by molar-refractivity contribution is 0.0942. The summed E-state index contributed by atoms with van der Waals surface area (Å²) in [6.07, 6.45) is 5.46. The Bertz CT molecular complexity index is 1340. The highest BCUT2D eigenvalue weighted by atomic mass is 16.5. The van der Waals surface area contributed by atoms with Crippen molar-refractivity contribution in [3.05, 3.63) is 77.7 Å². The van der Waals surface area contributed by atoms with E-state index in [0.29, 0.717) is 17.9 Å². The zero-order valence-corrected chi connectivity index (χ0v) is 19.5. The second-order valence-corrected chi connectivity index (χ2v) is 8.75. The Morgan fingerprint density at radius 2 is 1.83 bits per heavy atom. The molecule has 35 heavy (non-hydrogen) atoms. The van der Waals surface area contributed by atoms with E-state index in [1.165, 1.54) is 12.8 Å². The molecule has 178 valence electrons. The molecule has 0 atom stereocenters. The van der Waals surface area contributed by atoms with Crippen LogP contribution in [0.4, 0.5) is 0 Å². The molecule has 1 aliphatic carbocycles. The van der Waals surface area contributed by atoms with Crippen molar-refractivity contribution < 1.29 is 14.3 Å². The fourth-order valence-electron chi connectivity index (χ4n) is 3.92. The van der Waals surface area contributed by atoms with Gasteiger partial charge in [0.15, 0.2) is 5.69 Å². The summed E-state index contributed by atoms with van der Waals surface area (Å²) in [6, 6.07) is 17.0. The van der Waals surface area contributed by atoms with Crippen molar-refractivity contribution in [2.45, 2.75) is 25.8 Å². The van der Waals surface area contributed by atoms with Crippen LogP contribution in [0.3, 0.4) is 0 Å². The van der Waals surface area contributed by atoms with Crippen molar-refractivity contribution in [3.63, 3.8) is 0 Å². The monoisotopic (exact) mass is 469 g/mol. The predicted octanol–water partition coefficient (Wildman–Crippen LogP) is 4.09. The van der Waals surface area contributed by atoms with Crippen LogP contribution in [-0.4, -0.2) is 40.7 Å².